The molecule has 1 fully saturated rings. The van der Waals surface area contributed by atoms with Crippen molar-refractivity contribution in [1.29, 1.82) is 0 Å². The van der Waals surface area contributed by atoms with Gasteiger partial charge >= 0.3 is 6.03 Å². The Morgan fingerprint density at radius 1 is 1.13 bits per heavy atom. The van der Waals surface area contributed by atoms with Crippen LogP contribution < -0.4 is 15.5 Å². The number of amides is 3. The third-order valence-electron chi connectivity index (χ3n) is 3.60. The monoisotopic (exact) mass is 322 g/mol. The molecule has 0 spiro atoms. The Bertz CT molecular complexity index is 540. The van der Waals surface area contributed by atoms with E-state index in [2.05, 4.69) is 15.5 Å². The number of hydrogen-bond donors (Lipinski definition) is 2. The molecule has 23 heavy (non-hydrogen) atoms. The van der Waals surface area contributed by atoms with E-state index in [0.717, 1.165) is 31.9 Å². The molecule has 0 saturated carbocycles. The molecule has 1 aliphatic rings. The minimum Gasteiger partial charge on any atom is -0.369 e. The summed E-state index contributed by atoms with van der Waals surface area (Å²) in [6.45, 7) is 6.82. The Morgan fingerprint density at radius 3 is 2.30 bits per heavy atom. The Kier molecular flexibility index (Phi) is 5.92. The maximum absolute atomic E-state index is 12.9. The van der Waals surface area contributed by atoms with E-state index in [9.17, 15) is 14.0 Å². The van der Waals surface area contributed by atoms with E-state index in [0.29, 0.717) is 0 Å². The van der Waals surface area contributed by atoms with Gasteiger partial charge in [0.2, 0.25) is 5.91 Å². The highest BCUT2D eigenvalue weighted by Gasteiger charge is 2.20. The molecule has 1 aromatic rings. The standard InChI is InChI=1S/C16H23FN4O2/c1-12(2)18-16(23)19-15(22)11-20-7-9-21(10-8-20)14-5-3-13(17)4-6-14/h3-6,12H,7-11H2,1-2H3,(H2,18,19,22,23). The van der Waals surface area contributed by atoms with E-state index in [-0.39, 0.29) is 24.3 Å². The fourth-order valence-corrected chi connectivity index (χ4v) is 2.48. The smallest absolute Gasteiger partial charge is 0.321 e. The Morgan fingerprint density at radius 2 is 1.74 bits per heavy atom. The maximum Gasteiger partial charge on any atom is 0.321 e. The van der Waals surface area contributed by atoms with Gasteiger partial charge in [-0.05, 0) is 38.1 Å². The van der Waals surface area contributed by atoms with Crippen LogP contribution in [0.2, 0.25) is 0 Å². The van der Waals surface area contributed by atoms with Gasteiger partial charge in [0.1, 0.15) is 5.82 Å². The second-order valence-corrected chi connectivity index (χ2v) is 5.92. The molecule has 0 aliphatic carbocycles. The number of halogens is 1. The molecule has 0 bridgehead atoms. The van der Waals surface area contributed by atoms with Crippen LogP contribution in [-0.4, -0.2) is 55.6 Å². The van der Waals surface area contributed by atoms with Gasteiger partial charge in [0, 0.05) is 37.9 Å². The number of rotatable bonds is 4. The zero-order valence-corrected chi connectivity index (χ0v) is 13.5. The molecule has 2 N–H and O–H groups in total. The van der Waals surface area contributed by atoms with E-state index < -0.39 is 6.03 Å². The van der Waals surface area contributed by atoms with Crippen molar-refractivity contribution < 1.29 is 14.0 Å². The molecule has 1 aliphatic heterocycles. The molecule has 1 aromatic carbocycles. The SMILES string of the molecule is CC(C)NC(=O)NC(=O)CN1CCN(c2ccc(F)cc2)CC1. The maximum atomic E-state index is 12.9. The van der Waals surface area contributed by atoms with Gasteiger partial charge in [-0.15, -0.1) is 0 Å². The number of carbonyl (C=O) groups is 2. The van der Waals surface area contributed by atoms with Crippen LogP contribution in [-0.2, 0) is 4.79 Å². The van der Waals surface area contributed by atoms with Gasteiger partial charge in [0.05, 0.1) is 6.54 Å². The lowest BCUT2D eigenvalue weighted by molar-refractivity contribution is -0.121. The number of hydrogen-bond acceptors (Lipinski definition) is 4. The van der Waals surface area contributed by atoms with Crippen molar-refractivity contribution in [2.24, 2.45) is 0 Å². The number of urea groups is 1. The van der Waals surface area contributed by atoms with Crippen LogP contribution in [0.15, 0.2) is 24.3 Å². The summed E-state index contributed by atoms with van der Waals surface area (Å²) >= 11 is 0. The van der Waals surface area contributed by atoms with Gasteiger partial charge in [0.15, 0.2) is 0 Å². The highest BCUT2D eigenvalue weighted by atomic mass is 19.1. The third-order valence-corrected chi connectivity index (χ3v) is 3.60. The van der Waals surface area contributed by atoms with Crippen molar-refractivity contribution in [2.45, 2.75) is 19.9 Å². The summed E-state index contributed by atoms with van der Waals surface area (Å²) in [5, 5.41) is 4.94. The van der Waals surface area contributed by atoms with E-state index in [1.165, 1.54) is 12.1 Å². The van der Waals surface area contributed by atoms with Crippen LogP contribution >= 0.6 is 0 Å². The summed E-state index contributed by atoms with van der Waals surface area (Å²) in [4.78, 5) is 27.4. The number of benzene rings is 1. The molecular formula is C16H23FN4O2. The number of piperazine rings is 1. The molecule has 0 aromatic heterocycles. The molecular weight excluding hydrogens is 299 g/mol. The summed E-state index contributed by atoms with van der Waals surface area (Å²) in [5.41, 5.74) is 0.979. The van der Waals surface area contributed by atoms with Crippen LogP contribution in [0.5, 0.6) is 0 Å². The largest absolute Gasteiger partial charge is 0.369 e. The van der Waals surface area contributed by atoms with E-state index >= 15 is 0 Å². The number of carbonyl (C=O) groups excluding carboxylic acids is 2. The Balaban J connectivity index is 1.75. The summed E-state index contributed by atoms with van der Waals surface area (Å²) < 4.78 is 12.9. The second kappa shape index (κ2) is 7.92. The van der Waals surface area contributed by atoms with Crippen LogP contribution in [0.3, 0.4) is 0 Å². The van der Waals surface area contributed by atoms with Crippen LogP contribution in [0.1, 0.15) is 13.8 Å². The van der Waals surface area contributed by atoms with Crippen LogP contribution in [0.25, 0.3) is 0 Å². The third kappa shape index (κ3) is 5.52. The van der Waals surface area contributed by atoms with Gasteiger partial charge in [0.25, 0.3) is 0 Å². The lowest BCUT2D eigenvalue weighted by atomic mass is 10.2. The van der Waals surface area contributed by atoms with Gasteiger partial charge < -0.3 is 10.2 Å². The Hall–Kier alpha value is -2.15. The highest BCUT2D eigenvalue weighted by Crippen LogP contribution is 2.16. The molecule has 7 heteroatoms. The fourth-order valence-electron chi connectivity index (χ4n) is 2.48. The molecule has 6 nitrogen and oxygen atoms in total. The van der Waals surface area contributed by atoms with Crippen LogP contribution in [0, 0.1) is 5.82 Å². The molecule has 0 atom stereocenters. The van der Waals surface area contributed by atoms with Gasteiger partial charge in [-0.1, -0.05) is 0 Å². The van der Waals surface area contributed by atoms with E-state index in [1.54, 1.807) is 12.1 Å². The summed E-state index contributed by atoms with van der Waals surface area (Å²) in [6, 6.07) is 5.93. The zero-order valence-electron chi connectivity index (χ0n) is 13.5. The first-order valence-electron chi connectivity index (χ1n) is 7.77. The predicted octanol–water partition coefficient (Wildman–Crippen LogP) is 1.18. The quantitative estimate of drug-likeness (QED) is 0.874. The average molecular weight is 322 g/mol. The molecule has 126 valence electrons. The summed E-state index contributed by atoms with van der Waals surface area (Å²) in [5.74, 6) is -0.554. The van der Waals surface area contributed by atoms with Crippen molar-refractivity contribution in [1.82, 2.24) is 15.5 Å². The molecule has 2 rings (SSSR count). The zero-order chi connectivity index (χ0) is 16.8. The minimum absolute atomic E-state index is 0.0120. The van der Waals surface area contributed by atoms with Gasteiger partial charge in [-0.2, -0.15) is 0 Å². The van der Waals surface area contributed by atoms with Crippen molar-refractivity contribution in [3.8, 4) is 0 Å². The Labute approximate surface area is 135 Å². The summed E-state index contributed by atoms with van der Waals surface area (Å²) in [6.07, 6.45) is 0. The van der Waals surface area contributed by atoms with Crippen molar-refractivity contribution >= 4 is 17.6 Å². The lowest BCUT2D eigenvalue weighted by Crippen LogP contribution is -2.51. The molecule has 0 unspecified atom stereocenters. The van der Waals surface area contributed by atoms with Crippen molar-refractivity contribution in [3.63, 3.8) is 0 Å². The van der Waals surface area contributed by atoms with Gasteiger partial charge in [-0.25, -0.2) is 9.18 Å². The van der Waals surface area contributed by atoms with E-state index in [1.807, 2.05) is 18.7 Å². The molecule has 1 saturated heterocycles. The summed E-state index contributed by atoms with van der Waals surface area (Å²) in [7, 11) is 0. The molecule has 0 radical (unpaired) electrons. The normalized spacial score (nSPS) is 15.6. The predicted molar refractivity (Wildman–Crippen MR) is 86.9 cm³/mol. The first-order valence-corrected chi connectivity index (χ1v) is 7.77. The van der Waals surface area contributed by atoms with Gasteiger partial charge in [-0.3, -0.25) is 15.0 Å². The molecule has 3 amide bonds. The van der Waals surface area contributed by atoms with Crippen molar-refractivity contribution in [3.05, 3.63) is 30.1 Å². The topological polar surface area (TPSA) is 64.7 Å². The lowest BCUT2D eigenvalue weighted by Gasteiger charge is -2.35. The first kappa shape index (κ1) is 17.2. The van der Waals surface area contributed by atoms with Crippen molar-refractivity contribution in [2.75, 3.05) is 37.6 Å². The number of nitrogens with zero attached hydrogens (tertiary/aromatic N) is 2. The highest BCUT2D eigenvalue weighted by molar-refractivity contribution is 5.95. The first-order chi connectivity index (χ1) is 10.9. The number of imide groups is 1. The van der Waals surface area contributed by atoms with E-state index in [4.69, 9.17) is 0 Å². The minimum atomic E-state index is -0.463. The second-order valence-electron chi connectivity index (χ2n) is 5.92. The van der Waals surface area contributed by atoms with Crippen LogP contribution in [0.4, 0.5) is 14.9 Å². The fraction of sp³-hybridized carbons (Fsp3) is 0.500. The number of anilines is 1. The molecule has 1 heterocycles. The number of nitrogens with one attached hydrogen (secondary N) is 2. The average Bonchev–Trinajstić information content (AvgIpc) is 2.48.